The molecule has 0 aromatic carbocycles. The van der Waals surface area contributed by atoms with E-state index in [1.54, 1.807) is 6.08 Å². The molecule has 1 rings (SSSR count). The van der Waals surface area contributed by atoms with Crippen molar-refractivity contribution in [3.05, 3.63) is 24.3 Å². The summed E-state index contributed by atoms with van der Waals surface area (Å²) in [4.78, 5) is 13.2. The quantitative estimate of drug-likeness (QED) is 0.0172. The molecule has 7 N–H and O–H groups in total. The standard InChI is InChI=1S/C54H103NO12S/c1-3-5-7-9-11-13-15-17-19-21-23-25-27-29-31-33-35-37-39-41-43-48(58)53(61)55-46(45-65-54-51(60)52(67-68(62,63)64)50(59)49(44-56)66-54)47(57)42-40-38-36-34-32-30-28-26-24-22-20-18-16-14-12-10-8-6-4-2/h25,27,40,42,46-52,54,56-60H,3-24,26,28-39,41,43-45H2,1-2H3,(H,55,61)(H,62,63,64)/b27-25-,42-40+. The van der Waals surface area contributed by atoms with Gasteiger partial charge < -0.3 is 40.3 Å². The number of carbonyl (C=O) groups is 1. The van der Waals surface area contributed by atoms with E-state index in [2.05, 4.69) is 35.5 Å². The molecule has 1 saturated heterocycles. The smallest absolute Gasteiger partial charge is 0.394 e. The van der Waals surface area contributed by atoms with Crippen LogP contribution in [0.15, 0.2) is 24.3 Å². The fourth-order valence-corrected chi connectivity index (χ4v) is 9.44. The molecule has 8 unspecified atom stereocenters. The van der Waals surface area contributed by atoms with Gasteiger partial charge in [-0.3, -0.25) is 9.35 Å². The Labute approximate surface area is 415 Å². The first-order valence-electron chi connectivity index (χ1n) is 27.8. The van der Waals surface area contributed by atoms with E-state index in [9.17, 15) is 43.3 Å². The second-order valence-corrected chi connectivity index (χ2v) is 20.7. The van der Waals surface area contributed by atoms with E-state index in [4.69, 9.17) is 9.47 Å². The molecule has 0 radical (unpaired) electrons. The third-order valence-electron chi connectivity index (χ3n) is 13.3. The monoisotopic (exact) mass is 990 g/mol. The van der Waals surface area contributed by atoms with Crippen LogP contribution in [0.2, 0.25) is 0 Å². The Bertz CT molecular complexity index is 1320. The molecule has 0 aromatic heterocycles. The fourth-order valence-electron chi connectivity index (χ4n) is 8.93. The normalized spacial score (nSPS) is 20.4. The molecule has 1 aliphatic rings. The van der Waals surface area contributed by atoms with Crippen LogP contribution in [0.4, 0.5) is 0 Å². The van der Waals surface area contributed by atoms with Gasteiger partial charge in [0.25, 0.3) is 0 Å². The summed E-state index contributed by atoms with van der Waals surface area (Å²) >= 11 is 0. The number of rotatable bonds is 48. The fraction of sp³-hybridized carbons (Fsp3) is 0.907. The molecule has 1 fully saturated rings. The molecule has 14 heteroatoms. The molecule has 0 aliphatic carbocycles. The van der Waals surface area contributed by atoms with Crippen molar-refractivity contribution in [3.8, 4) is 0 Å². The van der Waals surface area contributed by atoms with Crippen LogP contribution < -0.4 is 5.32 Å². The van der Waals surface area contributed by atoms with Crippen molar-refractivity contribution in [2.75, 3.05) is 13.2 Å². The van der Waals surface area contributed by atoms with Crippen LogP contribution in [0, 0.1) is 0 Å². The number of nitrogens with one attached hydrogen (secondary N) is 1. The Morgan fingerprint density at radius 3 is 1.37 bits per heavy atom. The lowest BCUT2D eigenvalue weighted by Gasteiger charge is -2.41. The molecule has 0 bridgehead atoms. The van der Waals surface area contributed by atoms with Gasteiger partial charge in [-0.1, -0.05) is 231 Å². The molecule has 1 aliphatic heterocycles. The highest BCUT2D eigenvalue weighted by Crippen LogP contribution is 2.26. The third kappa shape index (κ3) is 35.6. The van der Waals surface area contributed by atoms with Crippen LogP contribution in [0.1, 0.15) is 251 Å². The van der Waals surface area contributed by atoms with Gasteiger partial charge in [-0.05, 0) is 44.9 Å². The summed E-state index contributed by atoms with van der Waals surface area (Å²) in [5.74, 6) is -0.704. The molecule has 68 heavy (non-hydrogen) atoms. The number of unbranched alkanes of at least 4 members (excludes halogenated alkanes) is 33. The van der Waals surface area contributed by atoms with E-state index in [-0.39, 0.29) is 6.42 Å². The second-order valence-electron chi connectivity index (χ2n) is 19.7. The highest BCUT2D eigenvalue weighted by Gasteiger charge is 2.48. The molecular weight excluding hydrogens is 887 g/mol. The van der Waals surface area contributed by atoms with Crippen LogP contribution in [0.25, 0.3) is 0 Å². The Balaban J connectivity index is 2.47. The molecule has 1 amide bonds. The molecular formula is C54H103NO12S. The van der Waals surface area contributed by atoms with E-state index in [1.807, 2.05) is 6.08 Å². The van der Waals surface area contributed by atoms with E-state index in [0.29, 0.717) is 12.8 Å². The van der Waals surface area contributed by atoms with E-state index >= 15 is 0 Å². The number of hydrogen-bond donors (Lipinski definition) is 7. The van der Waals surface area contributed by atoms with Crippen LogP contribution in [0.5, 0.6) is 0 Å². The van der Waals surface area contributed by atoms with Gasteiger partial charge in [-0.15, -0.1) is 0 Å². The largest absolute Gasteiger partial charge is 0.397 e. The molecule has 0 aromatic rings. The highest BCUT2D eigenvalue weighted by atomic mass is 32.3. The summed E-state index contributed by atoms with van der Waals surface area (Å²) in [7, 11) is -5.12. The van der Waals surface area contributed by atoms with Gasteiger partial charge in [0.1, 0.15) is 30.5 Å². The van der Waals surface area contributed by atoms with Crippen LogP contribution in [0.3, 0.4) is 0 Å². The Morgan fingerprint density at radius 1 is 0.588 bits per heavy atom. The first-order chi connectivity index (χ1) is 32.9. The van der Waals surface area contributed by atoms with Crippen molar-refractivity contribution in [2.45, 2.75) is 300 Å². The van der Waals surface area contributed by atoms with Crippen molar-refractivity contribution in [3.63, 3.8) is 0 Å². The number of hydrogen-bond acceptors (Lipinski definition) is 11. The lowest BCUT2D eigenvalue weighted by atomic mass is 9.99. The van der Waals surface area contributed by atoms with Crippen molar-refractivity contribution in [1.29, 1.82) is 0 Å². The lowest BCUT2D eigenvalue weighted by Crippen LogP contribution is -2.61. The summed E-state index contributed by atoms with van der Waals surface area (Å²) in [5, 5.41) is 55.5. The maximum Gasteiger partial charge on any atom is 0.397 e. The minimum Gasteiger partial charge on any atom is -0.394 e. The highest BCUT2D eigenvalue weighted by molar-refractivity contribution is 7.80. The molecule has 0 saturated carbocycles. The molecule has 13 nitrogen and oxygen atoms in total. The minimum atomic E-state index is -5.12. The maximum atomic E-state index is 13.2. The summed E-state index contributed by atoms with van der Waals surface area (Å²) in [5.41, 5.74) is 0. The molecule has 8 atom stereocenters. The number of ether oxygens (including phenoxy) is 2. The molecule has 402 valence electrons. The predicted molar refractivity (Wildman–Crippen MR) is 275 cm³/mol. The molecule has 1 heterocycles. The van der Waals surface area contributed by atoms with Gasteiger partial charge in [-0.25, -0.2) is 4.18 Å². The summed E-state index contributed by atoms with van der Waals surface area (Å²) < 4.78 is 47.7. The zero-order chi connectivity index (χ0) is 49.9. The van der Waals surface area contributed by atoms with Gasteiger partial charge in [0.05, 0.1) is 25.4 Å². The zero-order valence-corrected chi connectivity index (χ0v) is 43.9. The van der Waals surface area contributed by atoms with Crippen LogP contribution in [-0.2, 0) is 28.9 Å². The van der Waals surface area contributed by atoms with Crippen LogP contribution >= 0.6 is 0 Å². The topological polar surface area (TPSA) is 212 Å². The van der Waals surface area contributed by atoms with Gasteiger partial charge >= 0.3 is 10.4 Å². The predicted octanol–water partition coefficient (Wildman–Crippen LogP) is 11.4. The lowest BCUT2D eigenvalue weighted by molar-refractivity contribution is -0.298. The van der Waals surface area contributed by atoms with Gasteiger partial charge in [-0.2, -0.15) is 8.42 Å². The van der Waals surface area contributed by atoms with Crippen LogP contribution in [-0.4, -0.2) is 107 Å². The van der Waals surface area contributed by atoms with Gasteiger partial charge in [0.2, 0.25) is 5.91 Å². The van der Waals surface area contributed by atoms with Gasteiger partial charge in [0, 0.05) is 0 Å². The summed E-state index contributed by atoms with van der Waals surface area (Å²) in [6.45, 7) is 3.26. The summed E-state index contributed by atoms with van der Waals surface area (Å²) in [6, 6.07) is -1.12. The van der Waals surface area contributed by atoms with Crippen molar-refractivity contribution in [2.24, 2.45) is 0 Å². The van der Waals surface area contributed by atoms with E-state index in [0.717, 1.165) is 57.8 Å². The van der Waals surface area contributed by atoms with Crippen molar-refractivity contribution in [1.82, 2.24) is 5.32 Å². The Kier molecular flexibility index (Phi) is 42.0. The van der Waals surface area contributed by atoms with E-state index < -0.39 is 78.5 Å². The summed E-state index contributed by atoms with van der Waals surface area (Å²) in [6.07, 6.45) is 41.1. The van der Waals surface area contributed by atoms with Gasteiger partial charge in [0.15, 0.2) is 6.29 Å². The number of amides is 1. The minimum absolute atomic E-state index is 0.238. The van der Waals surface area contributed by atoms with E-state index in [1.165, 1.54) is 161 Å². The molecule has 0 spiro atoms. The van der Waals surface area contributed by atoms with Crippen molar-refractivity contribution < 1.29 is 57.0 Å². The van der Waals surface area contributed by atoms with Crippen molar-refractivity contribution >= 4 is 16.3 Å². The second kappa shape index (κ2) is 44.3. The Morgan fingerprint density at radius 2 is 0.971 bits per heavy atom. The number of carbonyl (C=O) groups excluding carboxylic acids is 1. The first kappa shape index (κ1) is 64.6. The maximum absolute atomic E-state index is 13.2. The SMILES string of the molecule is CCCCCCCCCCCC/C=C\CCCCCCCCC(O)C(=O)NC(COC1OC(CO)C(O)C(OS(=O)(=O)O)C1O)C(O)/C=C/CCCCCCCCCCCCCCCCCCC. The first-order valence-corrected chi connectivity index (χ1v) is 29.2. The number of aliphatic hydroxyl groups excluding tert-OH is 5. The average Bonchev–Trinajstić information content (AvgIpc) is 3.31. The number of aliphatic hydroxyl groups is 5. The average molecular weight is 990 g/mol. The zero-order valence-electron chi connectivity index (χ0n) is 43.0. The Hall–Kier alpha value is -1.46. The third-order valence-corrected chi connectivity index (χ3v) is 13.8. The number of allylic oxidation sites excluding steroid dienone is 3.